The first-order valence-electron chi connectivity index (χ1n) is 6.33. The zero-order valence-corrected chi connectivity index (χ0v) is 11.9. The summed E-state index contributed by atoms with van der Waals surface area (Å²) in [5, 5.41) is 6.33. The Balaban J connectivity index is 1.80. The number of hydrogen-bond donors (Lipinski definition) is 2. The van der Waals surface area contributed by atoms with Gasteiger partial charge in [0.2, 0.25) is 5.91 Å². The van der Waals surface area contributed by atoms with Crippen molar-refractivity contribution in [3.63, 3.8) is 0 Å². The minimum absolute atomic E-state index is 0.134. The topological polar surface area (TPSA) is 54.0 Å². The molecule has 0 saturated heterocycles. The first kappa shape index (κ1) is 14.5. The van der Waals surface area contributed by atoms with Crippen LogP contribution in [0.3, 0.4) is 0 Å². The summed E-state index contributed by atoms with van der Waals surface area (Å²) in [5.41, 5.74) is 2.50. The van der Waals surface area contributed by atoms with Crippen LogP contribution < -0.4 is 10.6 Å². The van der Waals surface area contributed by atoms with E-state index in [4.69, 9.17) is 11.6 Å². The number of amides is 1. The molecule has 20 heavy (non-hydrogen) atoms. The molecule has 5 heteroatoms. The van der Waals surface area contributed by atoms with Gasteiger partial charge in [-0.05, 0) is 31.2 Å². The maximum Gasteiger partial charge on any atom is 0.238 e. The Morgan fingerprint density at radius 2 is 2.00 bits per heavy atom. The molecule has 2 rings (SSSR count). The third-order valence-corrected chi connectivity index (χ3v) is 3.02. The molecule has 0 atom stereocenters. The van der Waals surface area contributed by atoms with Crippen molar-refractivity contribution in [2.75, 3.05) is 11.9 Å². The van der Waals surface area contributed by atoms with Crippen molar-refractivity contribution in [3.8, 4) is 0 Å². The highest BCUT2D eigenvalue weighted by Crippen LogP contribution is 2.19. The van der Waals surface area contributed by atoms with Gasteiger partial charge in [0.05, 0.1) is 22.9 Å². The van der Waals surface area contributed by atoms with Gasteiger partial charge in [0.15, 0.2) is 0 Å². The molecule has 0 radical (unpaired) electrons. The second kappa shape index (κ2) is 7.03. The molecule has 0 aliphatic carbocycles. The number of carbonyl (C=O) groups excluding carboxylic acids is 1. The normalized spacial score (nSPS) is 10.3. The van der Waals surface area contributed by atoms with Crippen LogP contribution in [0, 0.1) is 6.92 Å². The Labute approximate surface area is 123 Å². The second-order valence-electron chi connectivity index (χ2n) is 4.40. The molecule has 0 spiro atoms. The molecule has 0 aliphatic rings. The standard InChI is InChI=1S/C15H16ClN3O/c1-11-5-4-6-12(18-11)9-17-10-15(20)19-14-8-3-2-7-13(14)16/h2-8,17H,9-10H2,1H3,(H,19,20). The molecule has 2 N–H and O–H groups in total. The van der Waals surface area contributed by atoms with Gasteiger partial charge in [-0.3, -0.25) is 9.78 Å². The number of rotatable bonds is 5. The number of para-hydroxylation sites is 1. The van der Waals surface area contributed by atoms with Crippen molar-refractivity contribution >= 4 is 23.2 Å². The smallest absolute Gasteiger partial charge is 0.238 e. The first-order chi connectivity index (χ1) is 9.65. The number of anilines is 1. The molecule has 1 aromatic heterocycles. The lowest BCUT2D eigenvalue weighted by Crippen LogP contribution is -2.28. The number of hydrogen-bond acceptors (Lipinski definition) is 3. The fraction of sp³-hybridized carbons (Fsp3) is 0.200. The van der Waals surface area contributed by atoms with Crippen molar-refractivity contribution in [1.29, 1.82) is 0 Å². The van der Waals surface area contributed by atoms with Crippen LogP contribution in [0.5, 0.6) is 0 Å². The van der Waals surface area contributed by atoms with Gasteiger partial charge in [-0.1, -0.05) is 29.8 Å². The van der Waals surface area contributed by atoms with Gasteiger partial charge in [-0.25, -0.2) is 0 Å². The van der Waals surface area contributed by atoms with Gasteiger partial charge >= 0.3 is 0 Å². The third kappa shape index (κ3) is 4.33. The number of carbonyl (C=O) groups is 1. The van der Waals surface area contributed by atoms with Gasteiger partial charge < -0.3 is 10.6 Å². The summed E-state index contributed by atoms with van der Waals surface area (Å²) in [6.07, 6.45) is 0. The molecule has 0 fully saturated rings. The highest BCUT2D eigenvalue weighted by atomic mass is 35.5. The summed E-state index contributed by atoms with van der Waals surface area (Å²) >= 11 is 5.97. The predicted octanol–water partition coefficient (Wildman–Crippen LogP) is 2.77. The largest absolute Gasteiger partial charge is 0.324 e. The minimum Gasteiger partial charge on any atom is -0.324 e. The number of halogens is 1. The van der Waals surface area contributed by atoms with E-state index in [0.717, 1.165) is 11.4 Å². The Hall–Kier alpha value is -1.91. The van der Waals surface area contributed by atoms with Crippen LogP contribution in [0.25, 0.3) is 0 Å². The molecule has 0 aliphatic heterocycles. The van der Waals surface area contributed by atoms with Gasteiger partial charge in [-0.15, -0.1) is 0 Å². The predicted molar refractivity (Wildman–Crippen MR) is 80.8 cm³/mol. The quantitative estimate of drug-likeness (QED) is 0.890. The molecule has 4 nitrogen and oxygen atoms in total. The Morgan fingerprint density at radius 3 is 2.75 bits per heavy atom. The summed E-state index contributed by atoms with van der Waals surface area (Å²) in [6.45, 7) is 2.70. The van der Waals surface area contributed by atoms with Gasteiger partial charge in [0.25, 0.3) is 0 Å². The number of aryl methyl sites for hydroxylation is 1. The highest BCUT2D eigenvalue weighted by Gasteiger charge is 2.05. The lowest BCUT2D eigenvalue weighted by molar-refractivity contribution is -0.115. The lowest BCUT2D eigenvalue weighted by atomic mass is 10.3. The van der Waals surface area contributed by atoms with Gasteiger partial charge in [0, 0.05) is 12.2 Å². The van der Waals surface area contributed by atoms with Gasteiger partial charge in [0.1, 0.15) is 0 Å². The van der Waals surface area contributed by atoms with E-state index in [1.165, 1.54) is 0 Å². The van der Waals surface area contributed by atoms with Crippen molar-refractivity contribution in [2.24, 2.45) is 0 Å². The highest BCUT2D eigenvalue weighted by molar-refractivity contribution is 6.33. The molecule has 1 amide bonds. The van der Waals surface area contributed by atoms with Crippen LogP contribution >= 0.6 is 11.6 Å². The van der Waals surface area contributed by atoms with Crippen LogP contribution in [0.1, 0.15) is 11.4 Å². The zero-order chi connectivity index (χ0) is 14.4. The van der Waals surface area contributed by atoms with Crippen molar-refractivity contribution < 1.29 is 4.79 Å². The molecule has 0 unspecified atom stereocenters. The van der Waals surface area contributed by atoms with E-state index < -0.39 is 0 Å². The SMILES string of the molecule is Cc1cccc(CNCC(=O)Nc2ccccc2Cl)n1. The van der Waals surface area contributed by atoms with Crippen molar-refractivity contribution in [3.05, 3.63) is 58.9 Å². The van der Waals surface area contributed by atoms with Crippen LogP contribution in [-0.4, -0.2) is 17.4 Å². The van der Waals surface area contributed by atoms with Crippen LogP contribution in [0.15, 0.2) is 42.5 Å². The van der Waals surface area contributed by atoms with Crippen LogP contribution in [-0.2, 0) is 11.3 Å². The van der Waals surface area contributed by atoms with E-state index in [0.29, 0.717) is 17.3 Å². The van der Waals surface area contributed by atoms with Gasteiger partial charge in [-0.2, -0.15) is 0 Å². The van der Waals surface area contributed by atoms with E-state index >= 15 is 0 Å². The van der Waals surface area contributed by atoms with E-state index in [9.17, 15) is 4.79 Å². The van der Waals surface area contributed by atoms with Crippen LogP contribution in [0.2, 0.25) is 5.02 Å². The summed E-state index contributed by atoms with van der Waals surface area (Å²) in [4.78, 5) is 16.1. The fourth-order valence-electron chi connectivity index (χ4n) is 1.76. The summed E-state index contributed by atoms with van der Waals surface area (Å²) in [7, 11) is 0. The molecular formula is C15H16ClN3O. The summed E-state index contributed by atoms with van der Waals surface area (Å²) < 4.78 is 0. The van der Waals surface area contributed by atoms with Crippen LogP contribution in [0.4, 0.5) is 5.69 Å². The monoisotopic (exact) mass is 289 g/mol. The third-order valence-electron chi connectivity index (χ3n) is 2.69. The Morgan fingerprint density at radius 1 is 1.20 bits per heavy atom. The number of nitrogens with one attached hydrogen (secondary N) is 2. The zero-order valence-electron chi connectivity index (χ0n) is 11.2. The summed E-state index contributed by atoms with van der Waals surface area (Å²) in [6, 6.07) is 13.0. The maximum atomic E-state index is 11.8. The van der Waals surface area contributed by atoms with E-state index in [1.807, 2.05) is 37.3 Å². The number of aromatic nitrogens is 1. The van der Waals surface area contributed by atoms with E-state index in [1.54, 1.807) is 12.1 Å². The molecule has 1 aromatic carbocycles. The minimum atomic E-state index is -0.134. The maximum absolute atomic E-state index is 11.8. The van der Waals surface area contributed by atoms with E-state index in [-0.39, 0.29) is 12.5 Å². The Kier molecular flexibility index (Phi) is 5.09. The fourth-order valence-corrected chi connectivity index (χ4v) is 1.94. The summed E-state index contributed by atoms with van der Waals surface area (Å²) in [5.74, 6) is -0.134. The average Bonchev–Trinajstić information content (AvgIpc) is 2.41. The molecule has 104 valence electrons. The molecule has 0 saturated carbocycles. The Bertz CT molecular complexity index is 601. The molecule has 0 bridgehead atoms. The molecule has 2 aromatic rings. The van der Waals surface area contributed by atoms with Crippen molar-refractivity contribution in [1.82, 2.24) is 10.3 Å². The van der Waals surface area contributed by atoms with Crippen molar-refractivity contribution in [2.45, 2.75) is 13.5 Å². The number of pyridine rings is 1. The molecular weight excluding hydrogens is 274 g/mol. The number of nitrogens with zero attached hydrogens (tertiary/aromatic N) is 1. The van der Waals surface area contributed by atoms with E-state index in [2.05, 4.69) is 15.6 Å². The first-order valence-corrected chi connectivity index (χ1v) is 6.70. The molecule has 1 heterocycles. The average molecular weight is 290 g/mol. The lowest BCUT2D eigenvalue weighted by Gasteiger charge is -2.08. The second-order valence-corrected chi connectivity index (χ2v) is 4.81. The number of benzene rings is 1.